The summed E-state index contributed by atoms with van der Waals surface area (Å²) in [5.41, 5.74) is 20.5. The lowest BCUT2D eigenvalue weighted by atomic mass is 9.88. The van der Waals surface area contributed by atoms with Crippen LogP contribution in [0.2, 0.25) is 0 Å². The molecule has 0 spiro atoms. The lowest BCUT2D eigenvalue weighted by Gasteiger charge is -2.36. The van der Waals surface area contributed by atoms with Gasteiger partial charge < -0.3 is 21.9 Å². The van der Waals surface area contributed by atoms with Gasteiger partial charge in [-0.1, -0.05) is 6.92 Å². The Morgan fingerprint density at radius 3 is 2.38 bits per heavy atom. The van der Waals surface area contributed by atoms with Crippen LogP contribution in [0.4, 0.5) is 11.4 Å². The van der Waals surface area contributed by atoms with Gasteiger partial charge in [-0.3, -0.25) is 9.69 Å². The van der Waals surface area contributed by atoms with Gasteiger partial charge >= 0.3 is 0 Å². The van der Waals surface area contributed by atoms with Crippen molar-refractivity contribution in [3.8, 4) is 0 Å². The normalized spacial score (nSPS) is 19.1. The maximum atomic E-state index is 12.0. The molecule has 1 aliphatic heterocycles. The standard InChI is InChI=1S/C15H24N4O2/c1-9-7-12(16)13(17)8-11(9)10(2)14(15(18)20)19-3-5-21-6-4-19/h7-8,10,14H,3-6,16-17H2,1-2H3,(H2,18,20). The van der Waals surface area contributed by atoms with Crippen LogP contribution in [0.15, 0.2) is 12.1 Å². The zero-order valence-electron chi connectivity index (χ0n) is 12.6. The Bertz CT molecular complexity index is 527. The first kappa shape index (κ1) is 15.6. The van der Waals surface area contributed by atoms with E-state index in [-0.39, 0.29) is 17.9 Å². The van der Waals surface area contributed by atoms with E-state index in [4.69, 9.17) is 21.9 Å². The van der Waals surface area contributed by atoms with Gasteiger partial charge in [0.1, 0.15) is 0 Å². The van der Waals surface area contributed by atoms with Crippen molar-refractivity contribution >= 4 is 17.3 Å². The van der Waals surface area contributed by atoms with Crippen LogP contribution in [-0.4, -0.2) is 43.2 Å². The quantitative estimate of drug-likeness (QED) is 0.698. The summed E-state index contributed by atoms with van der Waals surface area (Å²) >= 11 is 0. The van der Waals surface area contributed by atoms with Gasteiger partial charge in [0.15, 0.2) is 0 Å². The highest BCUT2D eigenvalue weighted by molar-refractivity contribution is 5.81. The maximum Gasteiger partial charge on any atom is 0.235 e. The number of nitrogens with two attached hydrogens (primary N) is 3. The molecule has 0 bridgehead atoms. The Hall–Kier alpha value is -1.79. The summed E-state index contributed by atoms with van der Waals surface area (Å²) in [4.78, 5) is 14.0. The number of amides is 1. The first-order valence-corrected chi connectivity index (χ1v) is 7.18. The lowest BCUT2D eigenvalue weighted by Crippen LogP contribution is -2.52. The number of nitrogens with zero attached hydrogens (tertiary/aromatic N) is 1. The van der Waals surface area contributed by atoms with Gasteiger partial charge in [0.25, 0.3) is 0 Å². The van der Waals surface area contributed by atoms with E-state index in [0.29, 0.717) is 37.7 Å². The number of rotatable bonds is 4. The van der Waals surface area contributed by atoms with Crippen LogP contribution >= 0.6 is 0 Å². The largest absolute Gasteiger partial charge is 0.397 e. The van der Waals surface area contributed by atoms with Crippen molar-refractivity contribution in [2.45, 2.75) is 25.8 Å². The summed E-state index contributed by atoms with van der Waals surface area (Å²) < 4.78 is 5.34. The number of ether oxygens (including phenoxy) is 1. The van der Waals surface area contributed by atoms with E-state index in [0.717, 1.165) is 11.1 Å². The highest BCUT2D eigenvalue weighted by atomic mass is 16.5. The number of anilines is 2. The monoisotopic (exact) mass is 292 g/mol. The van der Waals surface area contributed by atoms with Gasteiger partial charge in [-0.15, -0.1) is 0 Å². The van der Waals surface area contributed by atoms with Gasteiger partial charge in [0, 0.05) is 19.0 Å². The number of primary amides is 1. The number of aryl methyl sites for hydroxylation is 1. The van der Waals surface area contributed by atoms with Crippen molar-refractivity contribution in [3.05, 3.63) is 23.3 Å². The number of morpholine rings is 1. The van der Waals surface area contributed by atoms with Gasteiger partial charge in [-0.2, -0.15) is 0 Å². The highest BCUT2D eigenvalue weighted by Gasteiger charge is 2.32. The Morgan fingerprint density at radius 1 is 1.24 bits per heavy atom. The summed E-state index contributed by atoms with van der Waals surface area (Å²) in [6.45, 7) is 6.64. The summed E-state index contributed by atoms with van der Waals surface area (Å²) in [7, 11) is 0. The molecule has 116 valence electrons. The topological polar surface area (TPSA) is 108 Å². The minimum absolute atomic E-state index is 0.0523. The first-order valence-electron chi connectivity index (χ1n) is 7.18. The second-order valence-corrected chi connectivity index (χ2v) is 5.62. The Balaban J connectivity index is 2.32. The van der Waals surface area contributed by atoms with E-state index >= 15 is 0 Å². The van der Waals surface area contributed by atoms with Gasteiger partial charge in [0.05, 0.1) is 30.6 Å². The van der Waals surface area contributed by atoms with Crippen molar-refractivity contribution in [2.24, 2.45) is 5.73 Å². The molecule has 1 aromatic rings. The molecule has 1 aliphatic rings. The van der Waals surface area contributed by atoms with Crippen molar-refractivity contribution < 1.29 is 9.53 Å². The molecule has 0 radical (unpaired) electrons. The fraction of sp³-hybridized carbons (Fsp3) is 0.533. The zero-order valence-corrected chi connectivity index (χ0v) is 12.6. The van der Waals surface area contributed by atoms with E-state index in [2.05, 4.69) is 4.90 Å². The van der Waals surface area contributed by atoms with Crippen LogP contribution < -0.4 is 17.2 Å². The molecule has 2 unspecified atom stereocenters. The number of benzene rings is 1. The third kappa shape index (κ3) is 3.28. The Labute approximate surface area is 125 Å². The van der Waals surface area contributed by atoms with Crippen molar-refractivity contribution in [2.75, 3.05) is 37.8 Å². The summed E-state index contributed by atoms with van der Waals surface area (Å²) in [5, 5.41) is 0. The van der Waals surface area contributed by atoms with Crippen molar-refractivity contribution in [3.63, 3.8) is 0 Å². The van der Waals surface area contributed by atoms with Crippen LogP contribution in [0, 0.1) is 6.92 Å². The number of nitrogen functional groups attached to an aromatic ring is 2. The smallest absolute Gasteiger partial charge is 0.235 e. The molecule has 0 saturated carbocycles. The number of hydrogen-bond donors (Lipinski definition) is 3. The molecule has 2 rings (SSSR count). The van der Waals surface area contributed by atoms with E-state index in [9.17, 15) is 4.79 Å². The molecule has 1 aromatic carbocycles. The lowest BCUT2D eigenvalue weighted by molar-refractivity contribution is -0.125. The van der Waals surface area contributed by atoms with Crippen molar-refractivity contribution in [1.29, 1.82) is 0 Å². The van der Waals surface area contributed by atoms with E-state index in [1.54, 1.807) is 0 Å². The van der Waals surface area contributed by atoms with E-state index in [1.165, 1.54) is 0 Å². The summed E-state index contributed by atoms with van der Waals surface area (Å²) in [5.74, 6) is -0.373. The molecule has 1 amide bonds. The number of carbonyl (C=O) groups excluding carboxylic acids is 1. The fourth-order valence-electron chi connectivity index (χ4n) is 3.02. The molecule has 1 heterocycles. The van der Waals surface area contributed by atoms with E-state index < -0.39 is 0 Å². The minimum atomic E-state index is -0.365. The molecule has 6 N–H and O–H groups in total. The molecule has 6 heteroatoms. The average molecular weight is 292 g/mol. The second kappa shape index (κ2) is 6.32. The molecule has 1 fully saturated rings. The Morgan fingerprint density at radius 2 is 1.81 bits per heavy atom. The third-order valence-corrected chi connectivity index (χ3v) is 4.17. The fourth-order valence-corrected chi connectivity index (χ4v) is 3.02. The SMILES string of the molecule is Cc1cc(N)c(N)cc1C(C)C(C(N)=O)N1CCOCC1. The summed E-state index contributed by atoms with van der Waals surface area (Å²) in [6, 6.07) is 3.33. The van der Waals surface area contributed by atoms with Gasteiger partial charge in [0.2, 0.25) is 5.91 Å². The van der Waals surface area contributed by atoms with Crippen LogP contribution in [-0.2, 0) is 9.53 Å². The molecule has 0 aliphatic carbocycles. The molecule has 21 heavy (non-hydrogen) atoms. The highest BCUT2D eigenvalue weighted by Crippen LogP contribution is 2.30. The number of hydrogen-bond acceptors (Lipinski definition) is 5. The van der Waals surface area contributed by atoms with Crippen LogP contribution in [0.1, 0.15) is 24.0 Å². The molecule has 0 aromatic heterocycles. The zero-order chi connectivity index (χ0) is 15.6. The molecule has 2 atom stereocenters. The Kier molecular flexibility index (Phi) is 4.69. The van der Waals surface area contributed by atoms with Crippen LogP contribution in [0.5, 0.6) is 0 Å². The molecular weight excluding hydrogens is 268 g/mol. The summed E-state index contributed by atoms with van der Waals surface area (Å²) in [6.07, 6.45) is 0. The minimum Gasteiger partial charge on any atom is -0.397 e. The van der Waals surface area contributed by atoms with Crippen molar-refractivity contribution in [1.82, 2.24) is 4.90 Å². The second-order valence-electron chi connectivity index (χ2n) is 5.62. The van der Waals surface area contributed by atoms with Crippen LogP contribution in [0.3, 0.4) is 0 Å². The first-order chi connectivity index (χ1) is 9.91. The molecule has 6 nitrogen and oxygen atoms in total. The predicted octanol–water partition coefficient (Wildman–Crippen LogP) is 0.449. The predicted molar refractivity (Wildman–Crippen MR) is 83.8 cm³/mol. The van der Waals surface area contributed by atoms with E-state index in [1.807, 2.05) is 26.0 Å². The molecular formula is C15H24N4O2. The molecule has 1 saturated heterocycles. The van der Waals surface area contributed by atoms with Crippen LogP contribution in [0.25, 0.3) is 0 Å². The van der Waals surface area contributed by atoms with Gasteiger partial charge in [-0.25, -0.2) is 0 Å². The van der Waals surface area contributed by atoms with Gasteiger partial charge in [-0.05, 0) is 30.2 Å². The number of carbonyl (C=O) groups is 1. The maximum absolute atomic E-state index is 12.0. The third-order valence-electron chi connectivity index (χ3n) is 4.17. The average Bonchev–Trinajstić information content (AvgIpc) is 2.43.